The molecule has 0 aliphatic carbocycles. The predicted molar refractivity (Wildman–Crippen MR) is 136 cm³/mol. The third-order valence-corrected chi connectivity index (χ3v) is 6.59. The van der Waals surface area contributed by atoms with E-state index in [1.54, 1.807) is 4.90 Å². The highest BCUT2D eigenvalue weighted by Crippen LogP contribution is 2.40. The van der Waals surface area contributed by atoms with E-state index in [0.717, 1.165) is 22.3 Å². The number of aliphatic hydroxyl groups excluding tert-OH is 1. The lowest BCUT2D eigenvalue weighted by atomic mass is 9.92. The van der Waals surface area contributed by atoms with E-state index >= 15 is 0 Å². The number of amides is 1. The Balaban J connectivity index is 1.82. The van der Waals surface area contributed by atoms with Crippen molar-refractivity contribution in [3.8, 4) is 0 Å². The Morgan fingerprint density at radius 3 is 2.26 bits per heavy atom. The van der Waals surface area contributed by atoms with Crippen molar-refractivity contribution in [3.05, 3.63) is 112 Å². The third-order valence-electron chi connectivity index (χ3n) is 6.59. The minimum absolute atomic E-state index is 0.111. The van der Waals surface area contributed by atoms with Crippen molar-refractivity contribution in [2.75, 3.05) is 6.54 Å². The molecule has 0 aromatic heterocycles. The number of hydrogen-bond donors (Lipinski definition) is 1. The van der Waals surface area contributed by atoms with Crippen LogP contribution < -0.4 is 0 Å². The van der Waals surface area contributed by atoms with Gasteiger partial charge in [-0.1, -0.05) is 86.1 Å². The van der Waals surface area contributed by atoms with Gasteiger partial charge in [0.1, 0.15) is 5.76 Å². The van der Waals surface area contributed by atoms with Crippen LogP contribution in [0, 0.1) is 13.8 Å². The summed E-state index contributed by atoms with van der Waals surface area (Å²) in [5.74, 6) is -0.946. The van der Waals surface area contributed by atoms with Crippen LogP contribution in [0.15, 0.2) is 78.4 Å². The molecule has 1 atom stereocenters. The summed E-state index contributed by atoms with van der Waals surface area (Å²) in [7, 11) is 0. The summed E-state index contributed by atoms with van der Waals surface area (Å²) in [4.78, 5) is 28.1. The van der Waals surface area contributed by atoms with Crippen LogP contribution in [-0.2, 0) is 16.0 Å². The van der Waals surface area contributed by atoms with Gasteiger partial charge in [-0.05, 0) is 54.5 Å². The highest BCUT2D eigenvalue weighted by molar-refractivity contribution is 6.46. The standard InChI is InChI=1S/C30H31NO3/c1-19(2)23-12-14-24(15-13-23)27-26(28(32)25-18-20(3)10-11-21(25)4)29(33)30(34)31(27)17-16-22-8-6-5-7-9-22/h5-15,18-19,27,32H,16-17H2,1-4H3/b28-26+. The number of aliphatic hydroxyl groups is 1. The molecule has 4 nitrogen and oxygen atoms in total. The topological polar surface area (TPSA) is 57.6 Å². The third kappa shape index (κ3) is 4.54. The molecule has 1 saturated heterocycles. The second-order valence-electron chi connectivity index (χ2n) is 9.37. The minimum atomic E-state index is -0.635. The van der Waals surface area contributed by atoms with E-state index in [0.29, 0.717) is 24.4 Å². The van der Waals surface area contributed by atoms with Crippen LogP contribution in [0.3, 0.4) is 0 Å². The lowest BCUT2D eigenvalue weighted by Crippen LogP contribution is -2.31. The molecular formula is C30H31NO3. The molecule has 0 spiro atoms. The molecule has 0 saturated carbocycles. The SMILES string of the molecule is Cc1ccc(C)c(/C(O)=C2\C(=O)C(=O)N(CCc3ccccc3)C2c2ccc(C(C)C)cc2)c1. The molecule has 4 heteroatoms. The highest BCUT2D eigenvalue weighted by atomic mass is 16.3. The molecule has 1 heterocycles. The summed E-state index contributed by atoms with van der Waals surface area (Å²) in [6, 6.07) is 23.0. The van der Waals surface area contributed by atoms with Crippen LogP contribution in [-0.4, -0.2) is 28.2 Å². The number of carbonyl (C=O) groups is 2. The van der Waals surface area contributed by atoms with E-state index in [2.05, 4.69) is 13.8 Å². The molecular weight excluding hydrogens is 422 g/mol. The number of Topliss-reactive ketones (excluding diaryl/α,β-unsaturated/α-hetero) is 1. The zero-order valence-corrected chi connectivity index (χ0v) is 20.2. The summed E-state index contributed by atoms with van der Waals surface area (Å²) >= 11 is 0. The van der Waals surface area contributed by atoms with Crippen molar-refractivity contribution >= 4 is 17.4 Å². The number of likely N-dealkylation sites (tertiary alicyclic amines) is 1. The monoisotopic (exact) mass is 453 g/mol. The summed E-state index contributed by atoms with van der Waals surface area (Å²) < 4.78 is 0. The van der Waals surface area contributed by atoms with Gasteiger partial charge in [0, 0.05) is 12.1 Å². The number of rotatable bonds is 6. The molecule has 34 heavy (non-hydrogen) atoms. The van der Waals surface area contributed by atoms with E-state index in [1.807, 2.05) is 86.6 Å². The molecule has 4 rings (SSSR count). The Morgan fingerprint density at radius 1 is 0.941 bits per heavy atom. The summed E-state index contributed by atoms with van der Waals surface area (Å²) in [6.45, 7) is 8.47. The van der Waals surface area contributed by atoms with Gasteiger partial charge in [0.25, 0.3) is 11.7 Å². The molecule has 1 aliphatic heterocycles. The van der Waals surface area contributed by atoms with Gasteiger partial charge < -0.3 is 10.0 Å². The molecule has 1 unspecified atom stereocenters. The van der Waals surface area contributed by atoms with Gasteiger partial charge in [0.05, 0.1) is 11.6 Å². The fourth-order valence-corrected chi connectivity index (χ4v) is 4.55. The first-order valence-corrected chi connectivity index (χ1v) is 11.8. The van der Waals surface area contributed by atoms with Gasteiger partial charge in [-0.2, -0.15) is 0 Å². The van der Waals surface area contributed by atoms with Crippen molar-refractivity contribution in [1.29, 1.82) is 0 Å². The summed E-state index contributed by atoms with van der Waals surface area (Å²) in [5.41, 5.74) is 5.67. The molecule has 1 fully saturated rings. The van der Waals surface area contributed by atoms with Gasteiger partial charge in [-0.25, -0.2) is 0 Å². The van der Waals surface area contributed by atoms with E-state index in [4.69, 9.17) is 0 Å². The maximum atomic E-state index is 13.3. The summed E-state index contributed by atoms with van der Waals surface area (Å²) in [6.07, 6.45) is 0.623. The van der Waals surface area contributed by atoms with Gasteiger partial charge in [-0.3, -0.25) is 9.59 Å². The maximum Gasteiger partial charge on any atom is 0.295 e. The lowest BCUT2D eigenvalue weighted by molar-refractivity contribution is -0.139. The first kappa shape index (κ1) is 23.5. The first-order valence-electron chi connectivity index (χ1n) is 11.8. The Bertz CT molecular complexity index is 1240. The Labute approximate surface area is 201 Å². The number of hydrogen-bond acceptors (Lipinski definition) is 3. The van der Waals surface area contributed by atoms with Crippen LogP contribution >= 0.6 is 0 Å². The normalized spacial score (nSPS) is 17.6. The Hall–Kier alpha value is -3.66. The largest absolute Gasteiger partial charge is 0.507 e. The van der Waals surface area contributed by atoms with Gasteiger partial charge in [-0.15, -0.1) is 0 Å². The van der Waals surface area contributed by atoms with E-state index < -0.39 is 17.7 Å². The number of aryl methyl sites for hydroxylation is 2. The molecule has 3 aromatic carbocycles. The summed E-state index contributed by atoms with van der Waals surface area (Å²) in [5, 5.41) is 11.4. The minimum Gasteiger partial charge on any atom is -0.507 e. The molecule has 1 N–H and O–H groups in total. The Morgan fingerprint density at radius 2 is 1.62 bits per heavy atom. The predicted octanol–water partition coefficient (Wildman–Crippen LogP) is 6.09. The fraction of sp³-hybridized carbons (Fsp3) is 0.267. The average Bonchev–Trinajstić information content (AvgIpc) is 3.09. The number of nitrogens with zero attached hydrogens (tertiary/aromatic N) is 1. The van der Waals surface area contributed by atoms with Crippen molar-refractivity contribution in [2.45, 2.75) is 46.1 Å². The van der Waals surface area contributed by atoms with E-state index in [-0.39, 0.29) is 11.3 Å². The second kappa shape index (κ2) is 9.68. The van der Waals surface area contributed by atoms with Gasteiger partial charge >= 0.3 is 0 Å². The van der Waals surface area contributed by atoms with Crippen LogP contribution in [0.5, 0.6) is 0 Å². The molecule has 174 valence electrons. The number of carbonyl (C=O) groups excluding carboxylic acids is 2. The lowest BCUT2D eigenvalue weighted by Gasteiger charge is -2.26. The zero-order chi connectivity index (χ0) is 24.4. The molecule has 1 amide bonds. The van der Waals surface area contributed by atoms with Gasteiger partial charge in [0.15, 0.2) is 0 Å². The van der Waals surface area contributed by atoms with Crippen molar-refractivity contribution < 1.29 is 14.7 Å². The number of benzene rings is 3. The molecule has 3 aromatic rings. The smallest absolute Gasteiger partial charge is 0.295 e. The molecule has 0 radical (unpaired) electrons. The van der Waals surface area contributed by atoms with E-state index in [9.17, 15) is 14.7 Å². The first-order chi connectivity index (χ1) is 16.3. The quantitative estimate of drug-likeness (QED) is 0.279. The fourth-order valence-electron chi connectivity index (χ4n) is 4.55. The maximum absolute atomic E-state index is 13.3. The van der Waals surface area contributed by atoms with Crippen molar-refractivity contribution in [1.82, 2.24) is 4.90 Å². The zero-order valence-electron chi connectivity index (χ0n) is 20.2. The molecule has 1 aliphatic rings. The molecule has 0 bridgehead atoms. The Kier molecular flexibility index (Phi) is 6.69. The average molecular weight is 454 g/mol. The van der Waals surface area contributed by atoms with Crippen LogP contribution in [0.4, 0.5) is 0 Å². The van der Waals surface area contributed by atoms with Crippen LogP contribution in [0.1, 0.15) is 59.2 Å². The highest BCUT2D eigenvalue weighted by Gasteiger charge is 2.46. The second-order valence-corrected chi connectivity index (χ2v) is 9.37. The number of ketones is 1. The van der Waals surface area contributed by atoms with Crippen molar-refractivity contribution in [3.63, 3.8) is 0 Å². The van der Waals surface area contributed by atoms with Gasteiger partial charge in [0.2, 0.25) is 0 Å². The van der Waals surface area contributed by atoms with Crippen LogP contribution in [0.25, 0.3) is 5.76 Å². The van der Waals surface area contributed by atoms with E-state index in [1.165, 1.54) is 5.56 Å². The van der Waals surface area contributed by atoms with Crippen molar-refractivity contribution in [2.24, 2.45) is 0 Å². The van der Waals surface area contributed by atoms with Crippen LogP contribution in [0.2, 0.25) is 0 Å².